The number of aromatic nitrogens is 1. The number of carboxylic acid groups (broad SMARTS) is 1. The average Bonchev–Trinajstić information content (AvgIpc) is 2.84. The standard InChI is InChI=1S/C16H18N2O5/c1-10(19)17-6-5-11-9-18(15(20)8-16(21)22)14-4-3-12(23-2)7-13(11)14/h3-4,7,9H,5-6,8H2,1-2H3,(H,17,19)(H,21,22). The van der Waals surface area contributed by atoms with Gasteiger partial charge in [0.2, 0.25) is 11.8 Å². The molecule has 0 fully saturated rings. The van der Waals surface area contributed by atoms with Gasteiger partial charge in [0, 0.05) is 25.1 Å². The van der Waals surface area contributed by atoms with Gasteiger partial charge >= 0.3 is 5.97 Å². The van der Waals surface area contributed by atoms with E-state index in [1.54, 1.807) is 31.5 Å². The van der Waals surface area contributed by atoms with Crippen LogP contribution in [0.1, 0.15) is 23.7 Å². The third-order valence-electron chi connectivity index (χ3n) is 3.43. The lowest BCUT2D eigenvalue weighted by atomic mass is 10.1. The first-order valence-electron chi connectivity index (χ1n) is 7.09. The summed E-state index contributed by atoms with van der Waals surface area (Å²) < 4.78 is 6.54. The molecule has 2 rings (SSSR count). The zero-order valence-corrected chi connectivity index (χ0v) is 13.0. The molecule has 1 heterocycles. The van der Waals surface area contributed by atoms with E-state index in [9.17, 15) is 14.4 Å². The van der Waals surface area contributed by atoms with E-state index in [0.717, 1.165) is 10.9 Å². The first-order chi connectivity index (χ1) is 10.9. The van der Waals surface area contributed by atoms with Crippen LogP contribution in [-0.4, -0.2) is 41.1 Å². The van der Waals surface area contributed by atoms with Crippen molar-refractivity contribution >= 4 is 28.7 Å². The van der Waals surface area contributed by atoms with Crippen molar-refractivity contribution < 1.29 is 24.2 Å². The van der Waals surface area contributed by atoms with Crippen molar-refractivity contribution in [3.8, 4) is 5.75 Å². The van der Waals surface area contributed by atoms with Crippen LogP contribution in [0.25, 0.3) is 10.9 Å². The van der Waals surface area contributed by atoms with Crippen LogP contribution in [0.15, 0.2) is 24.4 Å². The molecular weight excluding hydrogens is 300 g/mol. The number of ether oxygens (including phenoxy) is 1. The molecule has 7 heteroatoms. The summed E-state index contributed by atoms with van der Waals surface area (Å²) in [5.41, 5.74) is 1.46. The van der Waals surface area contributed by atoms with Crippen LogP contribution < -0.4 is 10.1 Å². The Bertz CT molecular complexity index is 763. The number of rotatable bonds is 6. The number of carbonyl (C=O) groups is 3. The average molecular weight is 318 g/mol. The van der Waals surface area contributed by atoms with E-state index in [0.29, 0.717) is 24.2 Å². The summed E-state index contributed by atoms with van der Waals surface area (Å²) in [5.74, 6) is -1.18. The van der Waals surface area contributed by atoms with Crippen molar-refractivity contribution in [3.05, 3.63) is 30.0 Å². The molecule has 0 atom stereocenters. The molecule has 0 saturated heterocycles. The van der Waals surface area contributed by atoms with Gasteiger partial charge < -0.3 is 15.2 Å². The highest BCUT2D eigenvalue weighted by molar-refractivity contribution is 6.01. The number of benzene rings is 1. The normalized spacial score (nSPS) is 10.5. The molecule has 0 spiro atoms. The topological polar surface area (TPSA) is 97.6 Å². The Balaban J connectivity index is 2.41. The van der Waals surface area contributed by atoms with Gasteiger partial charge in [-0.15, -0.1) is 0 Å². The number of fused-ring (bicyclic) bond motifs is 1. The fourth-order valence-corrected chi connectivity index (χ4v) is 2.40. The predicted octanol–water partition coefficient (Wildman–Crippen LogP) is 1.44. The minimum absolute atomic E-state index is 0.131. The number of carboxylic acids is 1. The minimum Gasteiger partial charge on any atom is -0.497 e. The van der Waals surface area contributed by atoms with E-state index in [-0.39, 0.29) is 5.91 Å². The SMILES string of the molecule is COc1ccc2c(c1)c(CCNC(C)=O)cn2C(=O)CC(=O)O. The van der Waals surface area contributed by atoms with Crippen molar-refractivity contribution in [1.82, 2.24) is 9.88 Å². The zero-order chi connectivity index (χ0) is 17.0. The van der Waals surface area contributed by atoms with Gasteiger partial charge in [-0.1, -0.05) is 0 Å². The molecule has 0 aliphatic rings. The summed E-state index contributed by atoms with van der Waals surface area (Å²) in [5, 5.41) is 12.3. The number of amides is 1. The maximum atomic E-state index is 12.1. The van der Waals surface area contributed by atoms with Gasteiger partial charge in [-0.05, 0) is 30.2 Å². The Kier molecular flexibility index (Phi) is 5.00. The fourth-order valence-electron chi connectivity index (χ4n) is 2.40. The van der Waals surface area contributed by atoms with Crippen molar-refractivity contribution in [2.45, 2.75) is 19.8 Å². The number of methoxy groups -OCH3 is 1. The van der Waals surface area contributed by atoms with E-state index in [1.807, 2.05) is 0 Å². The number of aliphatic carboxylic acids is 1. The Morgan fingerprint density at radius 3 is 2.65 bits per heavy atom. The zero-order valence-electron chi connectivity index (χ0n) is 13.0. The first-order valence-corrected chi connectivity index (χ1v) is 7.09. The largest absolute Gasteiger partial charge is 0.497 e. The molecule has 23 heavy (non-hydrogen) atoms. The Morgan fingerprint density at radius 2 is 2.04 bits per heavy atom. The van der Waals surface area contributed by atoms with Gasteiger partial charge in [-0.25, -0.2) is 0 Å². The third-order valence-corrected chi connectivity index (χ3v) is 3.43. The maximum absolute atomic E-state index is 12.1. The molecule has 0 bridgehead atoms. The number of hydrogen-bond donors (Lipinski definition) is 2. The summed E-state index contributed by atoms with van der Waals surface area (Å²) in [6.07, 6.45) is 1.56. The number of carbonyl (C=O) groups excluding carboxylic acids is 2. The number of nitrogens with zero attached hydrogens (tertiary/aromatic N) is 1. The van der Waals surface area contributed by atoms with Crippen LogP contribution in [0.4, 0.5) is 0 Å². The third kappa shape index (κ3) is 3.88. The quantitative estimate of drug-likeness (QED) is 0.786. The van der Waals surface area contributed by atoms with E-state index >= 15 is 0 Å². The lowest BCUT2D eigenvalue weighted by Crippen LogP contribution is -2.22. The van der Waals surface area contributed by atoms with Crippen LogP contribution >= 0.6 is 0 Å². The molecule has 1 aromatic heterocycles. The molecule has 0 radical (unpaired) electrons. The highest BCUT2D eigenvalue weighted by Gasteiger charge is 2.16. The molecule has 0 aliphatic carbocycles. The first kappa shape index (κ1) is 16.5. The monoisotopic (exact) mass is 318 g/mol. The fraction of sp³-hybridized carbons (Fsp3) is 0.312. The van der Waals surface area contributed by atoms with Crippen molar-refractivity contribution in [2.24, 2.45) is 0 Å². The van der Waals surface area contributed by atoms with E-state index in [1.165, 1.54) is 11.5 Å². The Morgan fingerprint density at radius 1 is 1.30 bits per heavy atom. The molecule has 122 valence electrons. The Labute approximate surface area is 132 Å². The van der Waals surface area contributed by atoms with Gasteiger partial charge in [-0.2, -0.15) is 0 Å². The van der Waals surface area contributed by atoms with Gasteiger partial charge in [-0.3, -0.25) is 19.0 Å². The molecule has 2 N–H and O–H groups in total. The van der Waals surface area contributed by atoms with Crippen molar-refractivity contribution in [2.75, 3.05) is 13.7 Å². The summed E-state index contributed by atoms with van der Waals surface area (Å²) in [6, 6.07) is 5.23. The van der Waals surface area contributed by atoms with Crippen LogP contribution in [0.3, 0.4) is 0 Å². The highest BCUT2D eigenvalue weighted by atomic mass is 16.5. The van der Waals surface area contributed by atoms with Gasteiger partial charge in [0.25, 0.3) is 0 Å². The van der Waals surface area contributed by atoms with Crippen molar-refractivity contribution in [1.29, 1.82) is 0 Å². The molecule has 0 saturated carbocycles. The summed E-state index contributed by atoms with van der Waals surface area (Å²) >= 11 is 0. The number of hydrogen-bond acceptors (Lipinski definition) is 4. The highest BCUT2D eigenvalue weighted by Crippen LogP contribution is 2.26. The van der Waals surface area contributed by atoms with Crippen LogP contribution in [0.2, 0.25) is 0 Å². The smallest absolute Gasteiger partial charge is 0.312 e. The molecule has 2 aromatic rings. The van der Waals surface area contributed by atoms with Crippen molar-refractivity contribution in [3.63, 3.8) is 0 Å². The maximum Gasteiger partial charge on any atom is 0.312 e. The molecular formula is C16H18N2O5. The second-order valence-electron chi connectivity index (χ2n) is 5.10. The molecule has 1 amide bonds. The van der Waals surface area contributed by atoms with Crippen LogP contribution in [0.5, 0.6) is 5.75 Å². The van der Waals surface area contributed by atoms with Crippen LogP contribution in [0, 0.1) is 0 Å². The second kappa shape index (κ2) is 6.95. The minimum atomic E-state index is -1.18. The Hall–Kier alpha value is -2.83. The van der Waals surface area contributed by atoms with Crippen LogP contribution in [-0.2, 0) is 16.0 Å². The molecule has 0 aliphatic heterocycles. The van der Waals surface area contributed by atoms with E-state index in [2.05, 4.69) is 5.32 Å². The summed E-state index contributed by atoms with van der Waals surface area (Å²) in [7, 11) is 1.55. The van der Waals surface area contributed by atoms with E-state index in [4.69, 9.17) is 9.84 Å². The second-order valence-corrected chi connectivity index (χ2v) is 5.10. The lowest BCUT2D eigenvalue weighted by Gasteiger charge is -2.04. The molecule has 0 unspecified atom stereocenters. The predicted molar refractivity (Wildman–Crippen MR) is 83.8 cm³/mol. The lowest BCUT2D eigenvalue weighted by molar-refractivity contribution is -0.136. The summed E-state index contributed by atoms with van der Waals surface area (Å²) in [4.78, 5) is 33.8. The summed E-state index contributed by atoms with van der Waals surface area (Å²) in [6.45, 7) is 1.86. The molecule has 1 aromatic carbocycles. The molecule has 7 nitrogen and oxygen atoms in total. The number of nitrogens with one attached hydrogen (secondary N) is 1. The van der Waals surface area contributed by atoms with E-state index < -0.39 is 18.3 Å². The van der Waals surface area contributed by atoms with Gasteiger partial charge in [0.05, 0.1) is 12.6 Å². The van der Waals surface area contributed by atoms with Gasteiger partial charge in [0.1, 0.15) is 12.2 Å². The van der Waals surface area contributed by atoms with Gasteiger partial charge in [0.15, 0.2) is 0 Å².